The van der Waals surface area contributed by atoms with Gasteiger partial charge >= 0.3 is 0 Å². The second kappa shape index (κ2) is 9.33. The van der Waals surface area contributed by atoms with Gasteiger partial charge in [-0.05, 0) is 29.3 Å². The zero-order valence-corrected chi connectivity index (χ0v) is 17.9. The number of nitro groups is 2. The summed E-state index contributed by atoms with van der Waals surface area (Å²) in [5.74, 6) is 0. The van der Waals surface area contributed by atoms with Crippen molar-refractivity contribution in [2.24, 2.45) is 0 Å². The fourth-order valence-electron chi connectivity index (χ4n) is 4.15. The van der Waals surface area contributed by atoms with E-state index < -0.39 is 9.85 Å². The number of anilines is 1. The van der Waals surface area contributed by atoms with E-state index in [4.69, 9.17) is 11.6 Å². The van der Waals surface area contributed by atoms with Crippen molar-refractivity contribution in [3.63, 3.8) is 0 Å². The molecule has 1 saturated heterocycles. The molecule has 3 aromatic carbocycles. The lowest BCUT2D eigenvalue weighted by Crippen LogP contribution is -2.48. The van der Waals surface area contributed by atoms with Gasteiger partial charge in [-0.1, -0.05) is 54.1 Å². The molecule has 164 valence electrons. The van der Waals surface area contributed by atoms with E-state index >= 15 is 0 Å². The largest absolute Gasteiger partial charge is 0.363 e. The van der Waals surface area contributed by atoms with E-state index in [2.05, 4.69) is 17.0 Å². The molecule has 1 fully saturated rings. The zero-order valence-electron chi connectivity index (χ0n) is 17.1. The summed E-state index contributed by atoms with van der Waals surface area (Å²) in [7, 11) is 0. The van der Waals surface area contributed by atoms with Crippen LogP contribution in [-0.4, -0.2) is 40.9 Å². The van der Waals surface area contributed by atoms with E-state index in [0.717, 1.165) is 17.2 Å². The lowest BCUT2D eigenvalue weighted by molar-refractivity contribution is -0.393. The van der Waals surface area contributed by atoms with E-state index in [1.165, 1.54) is 12.1 Å². The van der Waals surface area contributed by atoms with Gasteiger partial charge in [0, 0.05) is 37.3 Å². The van der Waals surface area contributed by atoms with Crippen molar-refractivity contribution in [2.75, 3.05) is 31.1 Å². The summed E-state index contributed by atoms with van der Waals surface area (Å²) in [6.07, 6.45) is 0. The highest BCUT2D eigenvalue weighted by Crippen LogP contribution is 2.35. The van der Waals surface area contributed by atoms with Crippen LogP contribution < -0.4 is 4.90 Å². The van der Waals surface area contributed by atoms with Crippen molar-refractivity contribution in [3.8, 4) is 0 Å². The van der Waals surface area contributed by atoms with Crippen molar-refractivity contribution >= 4 is 28.7 Å². The van der Waals surface area contributed by atoms with E-state index in [9.17, 15) is 20.2 Å². The van der Waals surface area contributed by atoms with Crippen molar-refractivity contribution in [3.05, 3.63) is 109 Å². The molecule has 1 aliphatic heterocycles. The molecule has 0 aromatic heterocycles. The van der Waals surface area contributed by atoms with Gasteiger partial charge in [-0.15, -0.1) is 0 Å². The lowest BCUT2D eigenvalue weighted by Gasteiger charge is -2.40. The minimum atomic E-state index is -0.620. The van der Waals surface area contributed by atoms with Gasteiger partial charge in [0.1, 0.15) is 5.69 Å². The summed E-state index contributed by atoms with van der Waals surface area (Å²) >= 11 is 6.09. The highest BCUT2D eigenvalue weighted by atomic mass is 35.5. The standard InChI is InChI=1S/C23H21ClN4O4/c24-19-8-6-18(7-9-19)23(17-4-2-1-3-5-17)26-14-12-25(13-15-26)21-11-10-20(27(29)30)16-22(21)28(31)32/h1-11,16,23H,12-15H2/t23-/m1/s1. The maximum Gasteiger partial charge on any atom is 0.299 e. The highest BCUT2D eigenvalue weighted by molar-refractivity contribution is 6.30. The predicted octanol–water partition coefficient (Wildman–Crippen LogP) is 5.07. The van der Waals surface area contributed by atoms with Crippen LogP contribution >= 0.6 is 11.6 Å². The average molecular weight is 453 g/mol. The monoisotopic (exact) mass is 452 g/mol. The zero-order chi connectivity index (χ0) is 22.7. The molecule has 0 spiro atoms. The van der Waals surface area contributed by atoms with Crippen LogP contribution in [0.1, 0.15) is 17.2 Å². The smallest absolute Gasteiger partial charge is 0.299 e. The molecule has 1 heterocycles. The highest BCUT2D eigenvalue weighted by Gasteiger charge is 2.30. The van der Waals surface area contributed by atoms with E-state index in [0.29, 0.717) is 36.9 Å². The second-order valence-electron chi connectivity index (χ2n) is 7.58. The van der Waals surface area contributed by atoms with Crippen LogP contribution in [0, 0.1) is 20.2 Å². The summed E-state index contributed by atoms with van der Waals surface area (Å²) < 4.78 is 0. The Hall–Kier alpha value is -3.49. The Kier molecular flexibility index (Phi) is 6.34. The third kappa shape index (κ3) is 4.56. The van der Waals surface area contributed by atoms with Crippen LogP contribution in [0.3, 0.4) is 0 Å². The Morgan fingerprint density at radius 3 is 2.00 bits per heavy atom. The van der Waals surface area contributed by atoms with Crippen LogP contribution in [0.4, 0.5) is 17.1 Å². The molecule has 0 N–H and O–H groups in total. The predicted molar refractivity (Wildman–Crippen MR) is 123 cm³/mol. The quantitative estimate of drug-likeness (QED) is 0.383. The Morgan fingerprint density at radius 2 is 1.41 bits per heavy atom. The lowest BCUT2D eigenvalue weighted by atomic mass is 9.96. The third-order valence-corrected chi connectivity index (χ3v) is 5.94. The van der Waals surface area contributed by atoms with Crippen LogP contribution in [0.2, 0.25) is 5.02 Å². The normalized spacial score (nSPS) is 15.3. The molecule has 1 aliphatic rings. The summed E-state index contributed by atoms with van der Waals surface area (Å²) in [5, 5.41) is 23.2. The summed E-state index contributed by atoms with van der Waals surface area (Å²) in [4.78, 5) is 25.6. The summed E-state index contributed by atoms with van der Waals surface area (Å²) in [6.45, 7) is 2.48. The summed E-state index contributed by atoms with van der Waals surface area (Å²) in [6, 6.07) is 21.8. The molecule has 9 heteroatoms. The first-order valence-corrected chi connectivity index (χ1v) is 10.5. The van der Waals surface area contributed by atoms with Crippen molar-refractivity contribution < 1.29 is 9.85 Å². The fourth-order valence-corrected chi connectivity index (χ4v) is 4.28. The van der Waals surface area contributed by atoms with E-state index in [1.54, 1.807) is 0 Å². The molecule has 0 radical (unpaired) electrons. The first-order chi connectivity index (χ1) is 15.4. The van der Waals surface area contributed by atoms with Crippen molar-refractivity contribution in [1.82, 2.24) is 4.90 Å². The van der Waals surface area contributed by atoms with Crippen molar-refractivity contribution in [1.29, 1.82) is 0 Å². The van der Waals surface area contributed by atoms with Gasteiger partial charge in [0.2, 0.25) is 0 Å². The number of halogens is 1. The number of nitrogens with zero attached hydrogens (tertiary/aromatic N) is 4. The number of benzene rings is 3. The molecule has 3 aromatic rings. The minimum Gasteiger partial charge on any atom is -0.363 e. The second-order valence-corrected chi connectivity index (χ2v) is 8.01. The summed E-state index contributed by atoms with van der Waals surface area (Å²) in [5.41, 5.74) is 2.15. The number of rotatable bonds is 6. The Bertz CT molecular complexity index is 1120. The number of hydrogen-bond donors (Lipinski definition) is 0. The molecule has 0 bridgehead atoms. The minimum absolute atomic E-state index is 0.0301. The molecular weight excluding hydrogens is 432 g/mol. The molecule has 0 unspecified atom stereocenters. The van der Waals surface area contributed by atoms with Crippen molar-refractivity contribution in [2.45, 2.75) is 6.04 Å². The molecule has 4 rings (SSSR count). The van der Waals surface area contributed by atoms with Crippen LogP contribution in [0.15, 0.2) is 72.8 Å². The number of non-ortho nitro benzene ring substituents is 1. The fraction of sp³-hybridized carbons (Fsp3) is 0.217. The third-order valence-electron chi connectivity index (χ3n) is 5.69. The molecular formula is C23H21ClN4O4. The molecule has 0 amide bonds. The Balaban J connectivity index is 1.58. The maximum absolute atomic E-state index is 11.5. The molecule has 0 aliphatic carbocycles. The molecule has 1 atom stereocenters. The van der Waals surface area contributed by atoms with Crippen LogP contribution in [0.5, 0.6) is 0 Å². The number of nitro benzene ring substituents is 2. The van der Waals surface area contributed by atoms with Gasteiger partial charge in [-0.25, -0.2) is 0 Å². The first kappa shape index (κ1) is 21.7. The van der Waals surface area contributed by atoms with Gasteiger partial charge in [0.25, 0.3) is 11.4 Å². The van der Waals surface area contributed by atoms with E-state index in [-0.39, 0.29) is 17.4 Å². The van der Waals surface area contributed by atoms with Crippen LogP contribution in [0.25, 0.3) is 0 Å². The number of piperazine rings is 1. The Morgan fingerprint density at radius 1 is 0.781 bits per heavy atom. The molecule has 8 nitrogen and oxygen atoms in total. The topological polar surface area (TPSA) is 92.8 Å². The Labute approximate surface area is 189 Å². The molecule has 32 heavy (non-hydrogen) atoms. The van der Waals surface area contributed by atoms with Gasteiger partial charge < -0.3 is 4.90 Å². The van der Waals surface area contributed by atoms with E-state index in [1.807, 2.05) is 47.4 Å². The van der Waals surface area contributed by atoms with Gasteiger partial charge in [0.15, 0.2) is 0 Å². The van der Waals surface area contributed by atoms with Gasteiger partial charge in [0.05, 0.1) is 22.0 Å². The maximum atomic E-state index is 11.5. The first-order valence-electron chi connectivity index (χ1n) is 10.2. The van der Waals surface area contributed by atoms with Gasteiger partial charge in [-0.3, -0.25) is 25.1 Å². The van der Waals surface area contributed by atoms with Crippen LogP contribution in [-0.2, 0) is 0 Å². The number of hydrogen-bond acceptors (Lipinski definition) is 6. The average Bonchev–Trinajstić information content (AvgIpc) is 2.81. The molecule has 0 saturated carbocycles. The van der Waals surface area contributed by atoms with Gasteiger partial charge in [-0.2, -0.15) is 0 Å². The SMILES string of the molecule is O=[N+]([O-])c1ccc(N2CCN([C@H](c3ccccc3)c3ccc(Cl)cc3)CC2)c([N+](=O)[O-])c1.